The van der Waals surface area contributed by atoms with Crippen molar-refractivity contribution < 1.29 is 17.6 Å². The van der Waals surface area contributed by atoms with Crippen LogP contribution in [0.25, 0.3) is 0 Å². The van der Waals surface area contributed by atoms with Gasteiger partial charge in [0.05, 0.1) is 0 Å². The summed E-state index contributed by atoms with van der Waals surface area (Å²) in [6, 6.07) is 0. The maximum Gasteiger partial charge on any atom is 0.287 e. The van der Waals surface area contributed by atoms with Crippen molar-refractivity contribution >= 4 is 0 Å². The van der Waals surface area contributed by atoms with Gasteiger partial charge in [0.15, 0.2) is 11.7 Å². The molecule has 0 saturated carbocycles. The quantitative estimate of drug-likeness (QED) is 0.420. The number of alkyl halides is 1. The van der Waals surface area contributed by atoms with Crippen molar-refractivity contribution in [3.8, 4) is 0 Å². The Balaban J connectivity index is 3.01. The molecule has 1 aliphatic rings. The van der Waals surface area contributed by atoms with Crippen molar-refractivity contribution in [2.75, 3.05) is 0 Å². The van der Waals surface area contributed by atoms with E-state index < -0.39 is 23.5 Å². The fourth-order valence-corrected chi connectivity index (χ4v) is 0.559. The summed E-state index contributed by atoms with van der Waals surface area (Å²) in [6.45, 7) is 0. The number of allylic oxidation sites excluding steroid dienone is 2. The first-order valence-corrected chi connectivity index (χ1v) is 2.62. The van der Waals surface area contributed by atoms with Crippen LogP contribution in [-0.4, -0.2) is 5.92 Å². The molecular formula is C5H4F4N2. The van der Waals surface area contributed by atoms with Crippen molar-refractivity contribution in [2.45, 2.75) is 5.92 Å². The van der Waals surface area contributed by atoms with E-state index in [2.05, 4.69) is 5.73 Å². The smallest absolute Gasteiger partial charge is 0.287 e. The van der Waals surface area contributed by atoms with Gasteiger partial charge in [-0.05, 0) is 0 Å². The van der Waals surface area contributed by atoms with E-state index in [9.17, 15) is 17.6 Å². The molecule has 0 aromatic carbocycles. The highest BCUT2D eigenvalue weighted by Crippen LogP contribution is 2.25. The van der Waals surface area contributed by atoms with E-state index in [-0.39, 0.29) is 6.08 Å². The van der Waals surface area contributed by atoms with Crippen LogP contribution in [0.3, 0.4) is 0 Å². The first-order chi connectivity index (χ1) is 4.93. The molecule has 3 N–H and O–H groups in total. The number of nitrogens with one attached hydrogen (secondary N) is 1. The molecule has 1 unspecified atom stereocenters. The van der Waals surface area contributed by atoms with Gasteiger partial charge in [-0.2, -0.15) is 8.78 Å². The monoisotopic (exact) mass is 168 g/mol. The Morgan fingerprint density at radius 1 is 1.36 bits per heavy atom. The first-order valence-electron chi connectivity index (χ1n) is 2.62. The molecule has 62 valence electrons. The Bertz CT molecular complexity index is 243. The maximum atomic E-state index is 12.5. The number of dihydropyridines is 1. The van der Waals surface area contributed by atoms with Crippen LogP contribution in [0.4, 0.5) is 17.6 Å². The molecule has 2 nitrogen and oxygen atoms in total. The standard InChI is InChI=1S/C5H4F4N2/c6-2-1-3(7)5(9,10)11-4(2)8/h1,11H,10H2. The molecule has 0 fully saturated rings. The van der Waals surface area contributed by atoms with Gasteiger partial charge in [0.1, 0.15) is 0 Å². The topological polar surface area (TPSA) is 38.0 Å². The summed E-state index contributed by atoms with van der Waals surface area (Å²) in [7, 11) is 0. The minimum absolute atomic E-state index is 0.0475. The number of nitrogens with two attached hydrogens (primary N) is 1. The molecule has 1 heterocycles. The Kier molecular flexibility index (Phi) is 1.63. The molecular weight excluding hydrogens is 164 g/mol. The Hall–Kier alpha value is -1.04. The van der Waals surface area contributed by atoms with Crippen molar-refractivity contribution in [1.82, 2.24) is 5.32 Å². The summed E-state index contributed by atoms with van der Waals surface area (Å²) in [4.78, 5) is 0. The molecule has 0 amide bonds. The molecule has 11 heavy (non-hydrogen) atoms. The highest BCUT2D eigenvalue weighted by molar-refractivity contribution is 5.27. The van der Waals surface area contributed by atoms with E-state index in [0.717, 1.165) is 5.32 Å². The van der Waals surface area contributed by atoms with Gasteiger partial charge in [-0.3, -0.25) is 5.73 Å². The van der Waals surface area contributed by atoms with E-state index in [0.29, 0.717) is 0 Å². The number of rotatable bonds is 0. The maximum absolute atomic E-state index is 12.5. The van der Waals surface area contributed by atoms with E-state index >= 15 is 0 Å². The second-order valence-electron chi connectivity index (χ2n) is 1.99. The lowest BCUT2D eigenvalue weighted by molar-refractivity contribution is 0.130. The van der Waals surface area contributed by atoms with Crippen LogP contribution in [0, 0.1) is 0 Å². The molecule has 0 saturated heterocycles. The molecule has 0 aromatic heterocycles. The van der Waals surface area contributed by atoms with E-state index in [1.54, 1.807) is 0 Å². The van der Waals surface area contributed by atoms with Crippen LogP contribution in [0.5, 0.6) is 0 Å². The SMILES string of the molecule is NC1(F)NC(F)=C(F)C=C1F. The second-order valence-corrected chi connectivity index (χ2v) is 1.99. The number of hydrogen-bond acceptors (Lipinski definition) is 2. The van der Waals surface area contributed by atoms with E-state index in [4.69, 9.17) is 0 Å². The van der Waals surface area contributed by atoms with E-state index in [1.165, 1.54) is 0 Å². The van der Waals surface area contributed by atoms with Gasteiger partial charge in [0.25, 0.3) is 5.92 Å². The summed E-state index contributed by atoms with van der Waals surface area (Å²) < 4.78 is 48.9. The fraction of sp³-hybridized carbons (Fsp3) is 0.200. The average Bonchev–Trinajstić information content (AvgIpc) is 1.83. The highest BCUT2D eigenvalue weighted by Gasteiger charge is 2.35. The van der Waals surface area contributed by atoms with Crippen LogP contribution >= 0.6 is 0 Å². The Labute approximate surface area is 59.4 Å². The van der Waals surface area contributed by atoms with Gasteiger partial charge in [-0.25, -0.2) is 8.78 Å². The molecule has 1 atom stereocenters. The molecule has 1 aliphatic heterocycles. The average molecular weight is 168 g/mol. The molecule has 0 aromatic rings. The molecule has 0 bridgehead atoms. The number of halogens is 4. The van der Waals surface area contributed by atoms with Crippen molar-refractivity contribution in [3.63, 3.8) is 0 Å². The third-order valence-electron chi connectivity index (χ3n) is 1.10. The van der Waals surface area contributed by atoms with Crippen molar-refractivity contribution in [1.29, 1.82) is 0 Å². The van der Waals surface area contributed by atoms with Gasteiger partial charge in [0, 0.05) is 6.08 Å². The molecule has 1 rings (SSSR count). The van der Waals surface area contributed by atoms with Gasteiger partial charge in [-0.1, -0.05) is 0 Å². The van der Waals surface area contributed by atoms with Gasteiger partial charge in [0.2, 0.25) is 5.95 Å². The van der Waals surface area contributed by atoms with E-state index in [1.807, 2.05) is 0 Å². The van der Waals surface area contributed by atoms with Crippen molar-refractivity contribution in [3.05, 3.63) is 23.7 Å². The van der Waals surface area contributed by atoms with Crippen LogP contribution in [0.2, 0.25) is 0 Å². The Morgan fingerprint density at radius 2 is 1.91 bits per heavy atom. The zero-order valence-corrected chi connectivity index (χ0v) is 5.17. The zero-order chi connectivity index (χ0) is 8.65. The molecule has 0 spiro atoms. The summed E-state index contributed by atoms with van der Waals surface area (Å²) in [6.07, 6.45) is 0.0475. The normalized spacial score (nSPS) is 31.5. The van der Waals surface area contributed by atoms with Crippen LogP contribution in [0.15, 0.2) is 23.7 Å². The predicted molar refractivity (Wildman–Crippen MR) is 29.6 cm³/mol. The summed E-state index contributed by atoms with van der Waals surface area (Å²) >= 11 is 0. The van der Waals surface area contributed by atoms with Gasteiger partial charge < -0.3 is 5.32 Å². The minimum atomic E-state index is -3.14. The van der Waals surface area contributed by atoms with Crippen LogP contribution in [-0.2, 0) is 0 Å². The molecule has 0 aliphatic carbocycles. The second kappa shape index (κ2) is 2.23. The highest BCUT2D eigenvalue weighted by atomic mass is 19.2. The molecule has 6 heteroatoms. The lowest BCUT2D eigenvalue weighted by Gasteiger charge is -2.22. The lowest BCUT2D eigenvalue weighted by Crippen LogP contribution is -2.50. The third kappa shape index (κ3) is 1.35. The zero-order valence-electron chi connectivity index (χ0n) is 5.17. The Morgan fingerprint density at radius 3 is 2.36 bits per heavy atom. The summed E-state index contributed by atoms with van der Waals surface area (Å²) in [5, 5.41) is 1.16. The lowest BCUT2D eigenvalue weighted by atomic mass is 10.3. The third-order valence-corrected chi connectivity index (χ3v) is 1.10. The summed E-state index contributed by atoms with van der Waals surface area (Å²) in [5.74, 6) is -7.87. The fourth-order valence-electron chi connectivity index (χ4n) is 0.559. The molecule has 0 radical (unpaired) electrons. The van der Waals surface area contributed by atoms with Crippen molar-refractivity contribution in [2.24, 2.45) is 5.73 Å². The number of hydrogen-bond donors (Lipinski definition) is 2. The first kappa shape index (κ1) is 8.06. The minimum Gasteiger partial charge on any atom is -0.309 e. The van der Waals surface area contributed by atoms with Gasteiger partial charge in [-0.15, -0.1) is 0 Å². The predicted octanol–water partition coefficient (Wildman–Crippen LogP) is 1.13. The van der Waals surface area contributed by atoms with Gasteiger partial charge >= 0.3 is 0 Å². The summed E-state index contributed by atoms with van der Waals surface area (Å²) in [5.41, 5.74) is 4.51. The largest absolute Gasteiger partial charge is 0.309 e. The van der Waals surface area contributed by atoms with Crippen LogP contribution in [0.1, 0.15) is 0 Å². The van der Waals surface area contributed by atoms with Crippen LogP contribution < -0.4 is 11.1 Å².